The average molecular weight is 462 g/mol. The number of halogens is 4. The van der Waals surface area contributed by atoms with Crippen LogP contribution in [0.1, 0.15) is 0 Å². The summed E-state index contributed by atoms with van der Waals surface area (Å²) in [4.78, 5) is 39.1. The van der Waals surface area contributed by atoms with Crippen LogP contribution in [-0.2, 0) is 11.3 Å². The molecule has 12 heteroatoms. The lowest BCUT2D eigenvalue weighted by molar-refractivity contribution is -0.384. The second-order valence-electron chi connectivity index (χ2n) is 5.53. The molecule has 0 fully saturated rings. The normalized spacial score (nSPS) is 10.9. The van der Waals surface area contributed by atoms with Crippen molar-refractivity contribution in [3.8, 4) is 0 Å². The van der Waals surface area contributed by atoms with E-state index in [-0.39, 0.29) is 42.4 Å². The summed E-state index contributed by atoms with van der Waals surface area (Å²) in [5.41, 5.74) is -0.583. The summed E-state index contributed by atoms with van der Waals surface area (Å²) in [6.45, 7) is -0.407. The highest BCUT2D eigenvalue weighted by molar-refractivity contribution is 6.50. The number of non-ortho nitro benzene ring substituents is 1. The van der Waals surface area contributed by atoms with Gasteiger partial charge in [-0.15, -0.1) is 0 Å². The number of benzene rings is 2. The molecule has 0 spiro atoms. The maximum absolute atomic E-state index is 12.5. The van der Waals surface area contributed by atoms with E-state index < -0.39 is 22.9 Å². The number of nitro benzene ring substituents is 1. The van der Waals surface area contributed by atoms with E-state index in [0.717, 1.165) is 10.9 Å². The van der Waals surface area contributed by atoms with Gasteiger partial charge in [-0.3, -0.25) is 24.3 Å². The predicted octanol–water partition coefficient (Wildman–Crippen LogP) is 4.56. The number of anilines is 1. The average Bonchev–Trinajstić information content (AvgIpc) is 2.65. The Balaban J connectivity index is 1.90. The first-order valence-corrected chi connectivity index (χ1v) is 8.96. The van der Waals surface area contributed by atoms with Gasteiger partial charge in [-0.1, -0.05) is 46.4 Å². The zero-order valence-corrected chi connectivity index (χ0v) is 16.6. The summed E-state index contributed by atoms with van der Waals surface area (Å²) in [6.07, 6.45) is 1.11. The fourth-order valence-corrected chi connectivity index (χ4v) is 3.29. The van der Waals surface area contributed by atoms with Crippen molar-refractivity contribution in [2.75, 3.05) is 5.32 Å². The first-order valence-electron chi connectivity index (χ1n) is 7.45. The Bertz CT molecular complexity index is 1170. The molecule has 1 heterocycles. The number of amides is 1. The topological polar surface area (TPSA) is 107 Å². The third-order valence-corrected chi connectivity index (χ3v) is 5.28. The van der Waals surface area contributed by atoms with Crippen LogP contribution in [0.4, 0.5) is 11.4 Å². The Kier molecular flexibility index (Phi) is 5.76. The third-order valence-electron chi connectivity index (χ3n) is 3.71. The smallest absolute Gasteiger partial charge is 0.271 e. The largest absolute Gasteiger partial charge is 0.322 e. The molecular weight excluding hydrogens is 454 g/mol. The van der Waals surface area contributed by atoms with Crippen molar-refractivity contribution in [3.05, 3.63) is 71.2 Å². The van der Waals surface area contributed by atoms with Crippen LogP contribution in [0.15, 0.2) is 35.4 Å². The number of rotatable bonds is 4. The van der Waals surface area contributed by atoms with Crippen LogP contribution in [-0.4, -0.2) is 20.4 Å². The van der Waals surface area contributed by atoms with Gasteiger partial charge in [0.25, 0.3) is 11.2 Å². The molecule has 8 nitrogen and oxygen atoms in total. The van der Waals surface area contributed by atoms with Gasteiger partial charge in [-0.2, -0.15) is 0 Å². The van der Waals surface area contributed by atoms with Crippen LogP contribution in [0.25, 0.3) is 10.9 Å². The van der Waals surface area contributed by atoms with E-state index in [0.29, 0.717) is 0 Å². The van der Waals surface area contributed by atoms with E-state index in [1.807, 2.05) is 0 Å². The van der Waals surface area contributed by atoms with E-state index in [4.69, 9.17) is 46.4 Å². The number of carbonyl (C=O) groups is 1. The molecule has 0 aliphatic rings. The van der Waals surface area contributed by atoms with Gasteiger partial charge in [-0.05, 0) is 12.1 Å². The summed E-state index contributed by atoms with van der Waals surface area (Å²) in [5.74, 6) is -0.632. The lowest BCUT2D eigenvalue weighted by Crippen LogP contribution is -2.28. The van der Waals surface area contributed by atoms with Gasteiger partial charge >= 0.3 is 0 Å². The van der Waals surface area contributed by atoms with Crippen LogP contribution in [0.5, 0.6) is 0 Å². The summed E-state index contributed by atoms with van der Waals surface area (Å²) >= 11 is 23.9. The molecule has 0 saturated carbocycles. The first-order chi connectivity index (χ1) is 13.2. The molecule has 144 valence electrons. The summed E-state index contributed by atoms with van der Waals surface area (Å²) in [7, 11) is 0. The van der Waals surface area contributed by atoms with Gasteiger partial charge in [0.2, 0.25) is 5.91 Å². The molecule has 1 aromatic heterocycles. The number of nitro groups is 1. The number of aromatic nitrogens is 2. The number of carbonyl (C=O) groups excluding carboxylic acids is 1. The number of nitrogens with one attached hydrogen (secondary N) is 1. The summed E-state index contributed by atoms with van der Waals surface area (Å²) < 4.78 is 1.04. The highest BCUT2D eigenvalue weighted by Crippen LogP contribution is 2.40. The molecule has 3 rings (SSSR count). The standard InChI is InChI=1S/C16H8Cl4N4O4/c17-9-4-10(18)14(20)15(13(9)19)22-12(25)5-23-6-21-11-3-7(24(27)28)1-2-8(11)16(23)26/h1-4,6H,5H2,(H,22,25). The van der Waals surface area contributed by atoms with Crippen LogP contribution >= 0.6 is 46.4 Å². The maximum atomic E-state index is 12.5. The fourth-order valence-electron chi connectivity index (χ4n) is 2.39. The highest BCUT2D eigenvalue weighted by atomic mass is 35.5. The zero-order valence-electron chi connectivity index (χ0n) is 13.6. The van der Waals surface area contributed by atoms with Crippen LogP contribution in [0, 0.1) is 10.1 Å². The molecule has 0 atom stereocenters. The molecule has 2 aromatic carbocycles. The van der Waals surface area contributed by atoms with Crippen molar-refractivity contribution in [2.24, 2.45) is 0 Å². The Morgan fingerprint density at radius 3 is 2.39 bits per heavy atom. The number of hydrogen-bond donors (Lipinski definition) is 1. The lowest BCUT2D eigenvalue weighted by atomic mass is 10.2. The molecule has 0 aliphatic carbocycles. The number of hydrogen-bond acceptors (Lipinski definition) is 5. The quantitative estimate of drug-likeness (QED) is 0.348. The van der Waals surface area contributed by atoms with E-state index in [9.17, 15) is 19.7 Å². The van der Waals surface area contributed by atoms with E-state index in [1.165, 1.54) is 24.3 Å². The molecule has 0 aliphatic heterocycles. The minimum atomic E-state index is -0.632. The third kappa shape index (κ3) is 3.90. The molecule has 0 saturated heterocycles. The first kappa shape index (κ1) is 20.3. The molecule has 1 N–H and O–H groups in total. The van der Waals surface area contributed by atoms with Crippen molar-refractivity contribution < 1.29 is 9.72 Å². The van der Waals surface area contributed by atoms with Crippen LogP contribution < -0.4 is 10.9 Å². The number of nitrogens with zero attached hydrogens (tertiary/aromatic N) is 3. The van der Waals surface area contributed by atoms with Crippen molar-refractivity contribution in [3.63, 3.8) is 0 Å². The Morgan fingerprint density at radius 1 is 1.14 bits per heavy atom. The maximum Gasteiger partial charge on any atom is 0.271 e. The SMILES string of the molecule is O=C(Cn1cnc2cc([N+](=O)[O-])ccc2c1=O)Nc1c(Cl)c(Cl)cc(Cl)c1Cl. The van der Waals surface area contributed by atoms with Crippen molar-refractivity contribution >= 4 is 74.6 Å². The Morgan fingerprint density at radius 2 is 1.79 bits per heavy atom. The van der Waals surface area contributed by atoms with Crippen LogP contribution in [0.2, 0.25) is 20.1 Å². The lowest BCUT2D eigenvalue weighted by Gasteiger charge is -2.12. The highest BCUT2D eigenvalue weighted by Gasteiger charge is 2.17. The monoisotopic (exact) mass is 460 g/mol. The van der Waals surface area contributed by atoms with Crippen molar-refractivity contribution in [1.29, 1.82) is 0 Å². The predicted molar refractivity (Wildman–Crippen MR) is 108 cm³/mol. The molecule has 1 amide bonds. The van der Waals surface area contributed by atoms with Gasteiger partial charge in [-0.25, -0.2) is 4.98 Å². The van der Waals surface area contributed by atoms with Gasteiger partial charge in [0.15, 0.2) is 0 Å². The van der Waals surface area contributed by atoms with Gasteiger partial charge in [0.05, 0.1) is 47.9 Å². The molecule has 0 radical (unpaired) electrons. The molecule has 3 aromatic rings. The van der Waals surface area contributed by atoms with Gasteiger partial charge < -0.3 is 5.32 Å². The van der Waals surface area contributed by atoms with E-state index >= 15 is 0 Å². The molecular formula is C16H8Cl4N4O4. The minimum Gasteiger partial charge on any atom is -0.322 e. The summed E-state index contributed by atoms with van der Waals surface area (Å²) in [5, 5.41) is 13.6. The molecule has 28 heavy (non-hydrogen) atoms. The van der Waals surface area contributed by atoms with E-state index in [1.54, 1.807) is 0 Å². The van der Waals surface area contributed by atoms with Crippen LogP contribution in [0.3, 0.4) is 0 Å². The summed E-state index contributed by atoms with van der Waals surface area (Å²) in [6, 6.07) is 4.97. The Hall–Kier alpha value is -2.39. The van der Waals surface area contributed by atoms with Gasteiger partial charge in [0, 0.05) is 12.1 Å². The minimum absolute atomic E-state index is 0.000657. The van der Waals surface area contributed by atoms with E-state index in [2.05, 4.69) is 10.3 Å². The molecule has 0 bridgehead atoms. The number of fused-ring (bicyclic) bond motifs is 1. The Labute approximate surface area is 176 Å². The second-order valence-corrected chi connectivity index (χ2v) is 7.10. The zero-order chi connectivity index (χ0) is 20.6. The van der Waals surface area contributed by atoms with Gasteiger partial charge in [0.1, 0.15) is 6.54 Å². The van der Waals surface area contributed by atoms with Crippen molar-refractivity contribution in [1.82, 2.24) is 9.55 Å². The van der Waals surface area contributed by atoms with Crippen molar-refractivity contribution in [2.45, 2.75) is 6.54 Å². The fraction of sp³-hybridized carbons (Fsp3) is 0.0625. The molecule has 0 unspecified atom stereocenters. The second kappa shape index (κ2) is 7.92.